The van der Waals surface area contributed by atoms with Gasteiger partial charge in [0.05, 0.1) is 29.2 Å². The van der Waals surface area contributed by atoms with Crippen molar-refractivity contribution in [3.63, 3.8) is 0 Å². The third-order valence-corrected chi connectivity index (χ3v) is 8.92. The number of carbonyl (C=O) groups is 1. The number of sulfonamides is 1. The highest BCUT2D eigenvalue weighted by molar-refractivity contribution is 7.92. The zero-order valence-electron chi connectivity index (χ0n) is 23.0. The lowest BCUT2D eigenvalue weighted by Gasteiger charge is -2.39. The lowest BCUT2D eigenvalue weighted by Crippen LogP contribution is -2.45. The number of likely N-dealkylation sites (tertiary alicyclic amines) is 1. The Labute approximate surface area is 240 Å². The third-order valence-electron chi connectivity index (χ3n) is 8.09. The maximum absolute atomic E-state index is 14.0. The lowest BCUT2D eigenvalue weighted by molar-refractivity contribution is 0.0607. The number of piperidine rings is 2. The van der Waals surface area contributed by atoms with Crippen molar-refractivity contribution >= 4 is 50.5 Å². The molecule has 1 atom stereocenters. The Balaban J connectivity index is 1.38. The molecule has 5 heterocycles. The van der Waals surface area contributed by atoms with Crippen molar-refractivity contribution in [1.82, 2.24) is 19.5 Å². The molecular formula is C28H36ClN7O3S. The Morgan fingerprint density at radius 2 is 1.75 bits per heavy atom. The van der Waals surface area contributed by atoms with Gasteiger partial charge in [0.15, 0.2) is 5.65 Å². The third kappa shape index (κ3) is 5.45. The summed E-state index contributed by atoms with van der Waals surface area (Å²) in [4.78, 5) is 25.5. The molecule has 0 spiro atoms. The van der Waals surface area contributed by atoms with E-state index in [0.717, 1.165) is 87.5 Å². The van der Waals surface area contributed by atoms with Gasteiger partial charge in [-0.15, -0.1) is 0 Å². The second kappa shape index (κ2) is 10.7. The first kappa shape index (κ1) is 27.1. The topological polar surface area (TPSA) is 103 Å². The second-order valence-electron chi connectivity index (χ2n) is 11.4. The molecule has 1 N–H and O–H groups in total. The van der Waals surface area contributed by atoms with E-state index in [4.69, 9.17) is 21.7 Å². The molecule has 3 fully saturated rings. The minimum atomic E-state index is -3.58. The molecule has 0 radical (unpaired) electrons. The SMILES string of the molecule is CC1CN(c2cc(N3CCCCC3)n3nc([C@@H]4CCCCN4C(=O)c4cc(Cl)ccc4NS(C)(=O)=O)cc3n2)C1. The zero-order chi connectivity index (χ0) is 28.0. The number of halogens is 1. The number of nitrogens with one attached hydrogen (secondary N) is 1. The van der Waals surface area contributed by atoms with Crippen molar-refractivity contribution in [2.45, 2.75) is 51.5 Å². The van der Waals surface area contributed by atoms with Crippen molar-refractivity contribution < 1.29 is 13.2 Å². The highest BCUT2D eigenvalue weighted by Crippen LogP contribution is 2.36. The van der Waals surface area contributed by atoms with E-state index in [1.165, 1.54) is 18.6 Å². The molecule has 10 nitrogen and oxygen atoms in total. The van der Waals surface area contributed by atoms with Crippen LogP contribution in [0.4, 0.5) is 17.3 Å². The van der Waals surface area contributed by atoms with Crippen LogP contribution in [0.2, 0.25) is 5.02 Å². The van der Waals surface area contributed by atoms with Gasteiger partial charge in [-0.3, -0.25) is 9.52 Å². The molecule has 214 valence electrons. The molecule has 0 aliphatic carbocycles. The largest absolute Gasteiger partial charge is 0.356 e. The van der Waals surface area contributed by atoms with E-state index in [1.807, 2.05) is 15.5 Å². The fourth-order valence-electron chi connectivity index (χ4n) is 6.14. The first-order valence-electron chi connectivity index (χ1n) is 14.2. The minimum Gasteiger partial charge on any atom is -0.356 e. The first-order valence-corrected chi connectivity index (χ1v) is 16.4. The molecule has 1 amide bonds. The quantitative estimate of drug-likeness (QED) is 0.452. The summed E-state index contributed by atoms with van der Waals surface area (Å²) in [5.41, 5.74) is 2.04. The lowest BCUT2D eigenvalue weighted by atomic mass is 9.98. The van der Waals surface area contributed by atoms with Crippen LogP contribution >= 0.6 is 11.6 Å². The predicted octanol–water partition coefficient (Wildman–Crippen LogP) is 4.57. The molecular weight excluding hydrogens is 550 g/mol. The van der Waals surface area contributed by atoms with Crippen molar-refractivity contribution in [3.8, 4) is 0 Å². The molecule has 1 aromatic carbocycles. The van der Waals surface area contributed by atoms with Crippen LogP contribution in [-0.4, -0.2) is 72.8 Å². The summed E-state index contributed by atoms with van der Waals surface area (Å²) in [5.74, 6) is 2.42. The number of hydrogen-bond acceptors (Lipinski definition) is 7. The maximum Gasteiger partial charge on any atom is 0.256 e. The van der Waals surface area contributed by atoms with Gasteiger partial charge >= 0.3 is 0 Å². The Morgan fingerprint density at radius 3 is 2.48 bits per heavy atom. The van der Waals surface area contributed by atoms with Crippen LogP contribution in [0.5, 0.6) is 0 Å². The summed E-state index contributed by atoms with van der Waals surface area (Å²) >= 11 is 6.25. The number of anilines is 3. The van der Waals surface area contributed by atoms with Crippen molar-refractivity contribution in [1.29, 1.82) is 0 Å². The van der Waals surface area contributed by atoms with E-state index in [9.17, 15) is 13.2 Å². The van der Waals surface area contributed by atoms with Crippen molar-refractivity contribution in [2.75, 3.05) is 53.5 Å². The molecule has 2 aromatic heterocycles. The van der Waals surface area contributed by atoms with Crippen LogP contribution < -0.4 is 14.5 Å². The monoisotopic (exact) mass is 585 g/mol. The Morgan fingerprint density at radius 1 is 1.00 bits per heavy atom. The molecule has 6 rings (SSSR count). The van der Waals surface area contributed by atoms with E-state index >= 15 is 0 Å². The van der Waals surface area contributed by atoms with Crippen LogP contribution in [0, 0.1) is 5.92 Å². The average molecular weight is 586 g/mol. The highest BCUT2D eigenvalue weighted by Gasteiger charge is 2.33. The van der Waals surface area contributed by atoms with Gasteiger partial charge in [0.25, 0.3) is 5.91 Å². The first-order chi connectivity index (χ1) is 19.2. The predicted molar refractivity (Wildman–Crippen MR) is 158 cm³/mol. The molecule has 40 heavy (non-hydrogen) atoms. The van der Waals surface area contributed by atoms with Gasteiger partial charge < -0.3 is 14.7 Å². The fraction of sp³-hybridized carbons (Fsp3) is 0.536. The van der Waals surface area contributed by atoms with Crippen LogP contribution in [0.25, 0.3) is 5.65 Å². The van der Waals surface area contributed by atoms with Gasteiger partial charge in [-0.1, -0.05) is 18.5 Å². The number of benzene rings is 1. The Hall–Kier alpha value is -3.05. The van der Waals surface area contributed by atoms with Gasteiger partial charge in [0.1, 0.15) is 11.6 Å². The fourth-order valence-corrected chi connectivity index (χ4v) is 6.89. The van der Waals surface area contributed by atoms with Gasteiger partial charge in [-0.2, -0.15) is 9.61 Å². The number of fused-ring (bicyclic) bond motifs is 1. The highest BCUT2D eigenvalue weighted by atomic mass is 35.5. The van der Waals surface area contributed by atoms with E-state index in [0.29, 0.717) is 17.5 Å². The summed E-state index contributed by atoms with van der Waals surface area (Å²) in [6, 6.07) is 8.57. The number of amides is 1. The Bertz CT molecular complexity index is 1530. The van der Waals surface area contributed by atoms with Gasteiger partial charge in [-0.05, 0) is 62.6 Å². The molecule has 0 saturated carbocycles. The van der Waals surface area contributed by atoms with Crippen LogP contribution in [-0.2, 0) is 10.0 Å². The van der Waals surface area contributed by atoms with Crippen molar-refractivity contribution in [2.24, 2.45) is 5.92 Å². The summed E-state index contributed by atoms with van der Waals surface area (Å²) in [6.45, 7) is 6.77. The number of aromatic nitrogens is 3. The summed E-state index contributed by atoms with van der Waals surface area (Å²) < 4.78 is 28.4. The maximum atomic E-state index is 14.0. The molecule has 3 aliphatic rings. The molecule has 3 saturated heterocycles. The van der Waals surface area contributed by atoms with E-state index < -0.39 is 10.0 Å². The van der Waals surface area contributed by atoms with Crippen LogP contribution in [0.15, 0.2) is 30.3 Å². The summed E-state index contributed by atoms with van der Waals surface area (Å²) in [6.07, 6.45) is 7.21. The average Bonchev–Trinajstić information content (AvgIpc) is 3.35. The Kier molecular flexibility index (Phi) is 7.28. The number of nitrogens with zero attached hydrogens (tertiary/aromatic N) is 6. The molecule has 0 unspecified atom stereocenters. The molecule has 0 bridgehead atoms. The zero-order valence-corrected chi connectivity index (χ0v) is 24.6. The van der Waals surface area contributed by atoms with E-state index in [2.05, 4.69) is 27.5 Å². The van der Waals surface area contributed by atoms with E-state index in [1.54, 1.807) is 6.07 Å². The summed E-state index contributed by atoms with van der Waals surface area (Å²) in [5, 5.41) is 5.43. The minimum absolute atomic E-state index is 0.221. The van der Waals surface area contributed by atoms with Crippen LogP contribution in [0.1, 0.15) is 67.5 Å². The standard InChI is InChI=1S/C28H36ClN7O3S/c1-19-17-34(18-19)25-16-27(33-11-5-3-6-12-33)36-26(30-25)15-23(31-36)24-8-4-7-13-35(24)28(37)21-14-20(29)9-10-22(21)32-40(2,38)39/h9-10,14-16,19,24,32H,3-8,11-13,17-18H2,1-2H3/t24-/m0/s1. The van der Waals surface area contributed by atoms with E-state index in [-0.39, 0.29) is 23.2 Å². The number of hydrogen-bond donors (Lipinski definition) is 1. The smallest absolute Gasteiger partial charge is 0.256 e. The summed E-state index contributed by atoms with van der Waals surface area (Å²) in [7, 11) is -3.58. The number of rotatable bonds is 6. The van der Waals surface area contributed by atoms with Crippen LogP contribution in [0.3, 0.4) is 0 Å². The van der Waals surface area contributed by atoms with Crippen molar-refractivity contribution in [3.05, 3.63) is 46.6 Å². The molecule has 12 heteroatoms. The van der Waals surface area contributed by atoms with Gasteiger partial charge in [0, 0.05) is 49.9 Å². The number of carbonyl (C=O) groups excluding carboxylic acids is 1. The normalized spacial score (nSPS) is 20.6. The van der Waals surface area contributed by atoms with Gasteiger partial charge in [-0.25, -0.2) is 13.4 Å². The van der Waals surface area contributed by atoms with Gasteiger partial charge in [0.2, 0.25) is 10.0 Å². The second-order valence-corrected chi connectivity index (χ2v) is 13.6. The molecule has 3 aliphatic heterocycles. The molecule has 3 aromatic rings.